The van der Waals surface area contributed by atoms with Crippen molar-refractivity contribution >= 4 is 17.9 Å². The molecule has 0 unspecified atom stereocenters. The quantitative estimate of drug-likeness (QED) is 0.680. The van der Waals surface area contributed by atoms with Crippen molar-refractivity contribution in [1.82, 2.24) is 4.98 Å². The predicted octanol–water partition coefficient (Wildman–Crippen LogP) is 0.566. The van der Waals surface area contributed by atoms with Crippen LogP contribution in [0.4, 0.5) is 0 Å². The molecule has 1 aromatic heterocycles. The Labute approximate surface area is 112 Å². The SMILES string of the molecule is CC(=O)O.O=C(O)c1cncc(C(=O)O)c1.[Nb]. The molecule has 0 fully saturated rings. The van der Waals surface area contributed by atoms with Gasteiger partial charge in [0.1, 0.15) is 0 Å². The first-order chi connectivity index (χ1) is 7.34. The summed E-state index contributed by atoms with van der Waals surface area (Å²) in [6, 6.07) is 1.05. The number of pyridine rings is 1. The van der Waals surface area contributed by atoms with E-state index in [9.17, 15) is 9.59 Å². The maximum absolute atomic E-state index is 10.3. The Bertz CT molecular complexity index is 386. The minimum Gasteiger partial charge on any atom is -0.481 e. The summed E-state index contributed by atoms with van der Waals surface area (Å²) in [6.07, 6.45) is 2.18. The van der Waals surface area contributed by atoms with Gasteiger partial charge in [-0.15, -0.1) is 0 Å². The summed E-state index contributed by atoms with van der Waals surface area (Å²) in [7, 11) is 0. The zero-order valence-electron chi connectivity index (χ0n) is 8.69. The molecule has 1 aromatic rings. The van der Waals surface area contributed by atoms with E-state index in [0.29, 0.717) is 0 Å². The van der Waals surface area contributed by atoms with Crippen molar-refractivity contribution in [3.8, 4) is 0 Å². The van der Waals surface area contributed by atoms with Crippen LogP contribution >= 0.6 is 0 Å². The number of aromatic nitrogens is 1. The van der Waals surface area contributed by atoms with Crippen LogP contribution < -0.4 is 0 Å². The van der Waals surface area contributed by atoms with Gasteiger partial charge in [-0.2, -0.15) is 0 Å². The van der Waals surface area contributed by atoms with Gasteiger partial charge in [0, 0.05) is 41.7 Å². The van der Waals surface area contributed by atoms with E-state index in [1.165, 1.54) is 0 Å². The first-order valence-corrected chi connectivity index (χ1v) is 3.95. The zero-order valence-corrected chi connectivity index (χ0v) is 10.9. The molecule has 1 heterocycles. The third kappa shape index (κ3) is 8.14. The Morgan fingerprint density at radius 1 is 1.00 bits per heavy atom. The Morgan fingerprint density at radius 2 is 1.29 bits per heavy atom. The Morgan fingerprint density at radius 3 is 1.53 bits per heavy atom. The monoisotopic (exact) mass is 320 g/mol. The van der Waals surface area contributed by atoms with Gasteiger partial charge in [0.25, 0.3) is 5.97 Å². The van der Waals surface area contributed by atoms with Crippen LogP contribution in [0.1, 0.15) is 27.6 Å². The number of aliphatic carboxylic acids is 1. The van der Waals surface area contributed by atoms with Crippen molar-refractivity contribution in [1.29, 1.82) is 0 Å². The van der Waals surface area contributed by atoms with Crippen molar-refractivity contribution < 1.29 is 52.1 Å². The summed E-state index contributed by atoms with van der Waals surface area (Å²) < 4.78 is 0. The zero-order chi connectivity index (χ0) is 12.7. The molecule has 0 aliphatic heterocycles. The molecule has 0 amide bonds. The third-order valence-electron chi connectivity index (χ3n) is 1.23. The van der Waals surface area contributed by atoms with Gasteiger partial charge in [-0.1, -0.05) is 0 Å². The maximum atomic E-state index is 10.3. The molecule has 0 spiro atoms. The van der Waals surface area contributed by atoms with Crippen molar-refractivity contribution in [3.63, 3.8) is 0 Å². The summed E-state index contributed by atoms with van der Waals surface area (Å²) in [6.45, 7) is 1.08. The fraction of sp³-hybridized carbons (Fsp3) is 0.111. The van der Waals surface area contributed by atoms with Crippen LogP contribution in [0.5, 0.6) is 0 Å². The molecule has 0 saturated heterocycles. The van der Waals surface area contributed by atoms with Crippen molar-refractivity contribution in [2.24, 2.45) is 0 Å². The number of hydrogen-bond donors (Lipinski definition) is 3. The summed E-state index contributed by atoms with van der Waals surface area (Å²) in [5.74, 6) is -3.21. The number of carboxylic acid groups (broad SMARTS) is 3. The van der Waals surface area contributed by atoms with Crippen molar-refractivity contribution in [2.75, 3.05) is 0 Å². The number of carboxylic acids is 3. The number of hydrogen-bond acceptors (Lipinski definition) is 4. The van der Waals surface area contributed by atoms with Crippen LogP contribution in [0.3, 0.4) is 0 Å². The van der Waals surface area contributed by atoms with E-state index in [0.717, 1.165) is 25.4 Å². The minimum absolute atomic E-state index is 0. The summed E-state index contributed by atoms with van der Waals surface area (Å²) >= 11 is 0. The Hall–Kier alpha value is -1.70. The van der Waals surface area contributed by atoms with Crippen molar-refractivity contribution in [2.45, 2.75) is 6.92 Å². The maximum Gasteiger partial charge on any atom is 0.337 e. The van der Waals surface area contributed by atoms with Crippen LogP contribution in [0.15, 0.2) is 18.5 Å². The van der Waals surface area contributed by atoms with Gasteiger partial charge < -0.3 is 15.3 Å². The van der Waals surface area contributed by atoms with Gasteiger partial charge >= 0.3 is 11.9 Å². The average Bonchev–Trinajstić information content (AvgIpc) is 2.17. The van der Waals surface area contributed by atoms with Gasteiger partial charge in [-0.25, -0.2) is 9.59 Å². The minimum atomic E-state index is -1.19. The molecule has 0 atom stereocenters. The predicted molar refractivity (Wildman–Crippen MR) is 51.5 cm³/mol. The van der Waals surface area contributed by atoms with Gasteiger partial charge in [-0.05, 0) is 6.07 Å². The summed E-state index contributed by atoms with van der Waals surface area (Å²) in [5.41, 5.74) is -0.259. The van der Waals surface area contributed by atoms with Gasteiger partial charge in [-0.3, -0.25) is 9.78 Å². The number of nitrogens with zero attached hydrogens (tertiary/aromatic N) is 1. The fourth-order valence-electron chi connectivity index (χ4n) is 0.674. The molecule has 8 heteroatoms. The molecule has 1 radical (unpaired) electrons. The Kier molecular flexibility index (Phi) is 8.79. The van der Waals surface area contributed by atoms with E-state index in [1.807, 2.05) is 0 Å². The second-order valence-corrected chi connectivity index (χ2v) is 2.59. The number of carbonyl (C=O) groups is 3. The van der Waals surface area contributed by atoms with E-state index < -0.39 is 17.9 Å². The normalized spacial score (nSPS) is 8.06. The van der Waals surface area contributed by atoms with Gasteiger partial charge in [0.05, 0.1) is 11.1 Å². The molecule has 0 aliphatic carbocycles. The van der Waals surface area contributed by atoms with E-state index in [4.69, 9.17) is 20.1 Å². The fourth-order valence-corrected chi connectivity index (χ4v) is 0.674. The van der Waals surface area contributed by atoms with Crippen LogP contribution in [-0.2, 0) is 27.2 Å². The number of rotatable bonds is 2. The van der Waals surface area contributed by atoms with Crippen LogP contribution in [0.25, 0.3) is 0 Å². The Balaban J connectivity index is 0. The molecule has 3 N–H and O–H groups in total. The van der Waals surface area contributed by atoms with Crippen molar-refractivity contribution in [3.05, 3.63) is 29.6 Å². The van der Waals surface area contributed by atoms with E-state index in [1.54, 1.807) is 0 Å². The van der Waals surface area contributed by atoms with E-state index >= 15 is 0 Å². The molecule has 0 aromatic carbocycles. The van der Waals surface area contributed by atoms with E-state index in [2.05, 4.69) is 4.98 Å². The van der Waals surface area contributed by atoms with Crippen LogP contribution in [-0.4, -0.2) is 38.2 Å². The number of aromatic carboxylic acids is 2. The van der Waals surface area contributed by atoms with E-state index in [-0.39, 0.29) is 33.5 Å². The molecule has 91 valence electrons. The smallest absolute Gasteiger partial charge is 0.337 e. The summed E-state index contributed by atoms with van der Waals surface area (Å²) in [5, 5.41) is 24.3. The van der Waals surface area contributed by atoms with Gasteiger partial charge in [0.15, 0.2) is 0 Å². The standard InChI is InChI=1S/C7H5NO4.C2H4O2.Nb/c9-6(10)4-1-5(7(11)12)3-8-2-4;1-2(3)4;/h1-3H,(H,9,10)(H,11,12);1H3,(H,3,4);. The molecule has 0 aliphatic rings. The van der Waals surface area contributed by atoms with Gasteiger partial charge in [0.2, 0.25) is 0 Å². The molecule has 17 heavy (non-hydrogen) atoms. The molecule has 7 nitrogen and oxygen atoms in total. The topological polar surface area (TPSA) is 125 Å². The largest absolute Gasteiger partial charge is 0.481 e. The van der Waals surface area contributed by atoms with Crippen LogP contribution in [0.2, 0.25) is 0 Å². The first kappa shape index (κ1) is 17.7. The summed E-state index contributed by atoms with van der Waals surface area (Å²) in [4.78, 5) is 33.2. The van der Waals surface area contributed by atoms with Crippen LogP contribution in [0, 0.1) is 0 Å². The molecular formula is C9H9NNbO6. The molecular weight excluding hydrogens is 311 g/mol. The third-order valence-corrected chi connectivity index (χ3v) is 1.23. The first-order valence-electron chi connectivity index (χ1n) is 3.95. The molecule has 0 saturated carbocycles. The molecule has 0 bridgehead atoms. The second kappa shape index (κ2) is 8.45. The second-order valence-electron chi connectivity index (χ2n) is 2.59. The molecule has 1 rings (SSSR count). The average molecular weight is 320 g/mol.